The Morgan fingerprint density at radius 3 is 1.77 bits per heavy atom. The van der Waals surface area contributed by atoms with Crippen LogP contribution in [-0.4, -0.2) is 258 Å². The van der Waals surface area contributed by atoms with E-state index in [4.69, 9.17) is 51.6 Å². The maximum atomic E-state index is 12.4. The van der Waals surface area contributed by atoms with Gasteiger partial charge in [-0.3, -0.25) is 4.55 Å². The summed E-state index contributed by atoms with van der Waals surface area (Å²) in [5.74, 6) is -0.948. The molecule has 27 nitrogen and oxygen atoms in total. The monoisotopic (exact) mass is 1210 g/mol. The van der Waals surface area contributed by atoms with Crippen LogP contribution >= 0.6 is 0 Å². The Labute approximate surface area is 482 Å². The van der Waals surface area contributed by atoms with Crippen LogP contribution in [0.4, 0.5) is 0 Å². The van der Waals surface area contributed by atoms with Gasteiger partial charge in [0.2, 0.25) is 0 Å². The van der Waals surface area contributed by atoms with Gasteiger partial charge in [-0.15, -0.1) is 0 Å². The highest BCUT2D eigenvalue weighted by atomic mass is 32.3. The maximum absolute atomic E-state index is 12.4. The van der Waals surface area contributed by atoms with E-state index in [0.29, 0.717) is 32.1 Å². The van der Waals surface area contributed by atoms with Crippen LogP contribution in [0.3, 0.4) is 0 Å². The molecule has 3 saturated carbocycles. The van der Waals surface area contributed by atoms with Gasteiger partial charge in [0.1, 0.15) is 91.6 Å². The van der Waals surface area contributed by atoms with Crippen molar-refractivity contribution in [3.8, 4) is 0 Å². The van der Waals surface area contributed by atoms with Gasteiger partial charge < -0.3 is 114 Å². The number of allylic oxidation sites excluding steroid dienone is 3. The largest absolute Gasteiger partial charge is 0.397 e. The van der Waals surface area contributed by atoms with E-state index in [-0.39, 0.29) is 37.0 Å². The summed E-state index contributed by atoms with van der Waals surface area (Å²) in [4.78, 5) is 0. The summed E-state index contributed by atoms with van der Waals surface area (Å²) >= 11 is 0. The van der Waals surface area contributed by atoms with Crippen molar-refractivity contribution in [3.05, 3.63) is 23.3 Å². The van der Waals surface area contributed by atoms with Gasteiger partial charge >= 0.3 is 10.4 Å². The second-order valence-electron chi connectivity index (χ2n) is 25.8. The first-order chi connectivity index (χ1) is 38.8. The van der Waals surface area contributed by atoms with Gasteiger partial charge in [-0.25, -0.2) is 4.18 Å². The Bertz CT molecular complexity index is 2380. The second-order valence-corrected chi connectivity index (χ2v) is 26.9. The van der Waals surface area contributed by atoms with Crippen LogP contribution in [-0.2, 0) is 62.0 Å². The number of aliphatic hydroxyl groups is 13. The van der Waals surface area contributed by atoms with Crippen molar-refractivity contribution < 1.29 is 131 Å². The van der Waals surface area contributed by atoms with Crippen molar-refractivity contribution in [2.24, 2.45) is 34.5 Å². The SMILES string of the molecule is CC(C)=CCC(O)C(C)(O)C1CCC2C3CC(OC4OC(C)C(O)C(OC5OCC(OC6OCC(O)C(O)C6OC6OC(C)C(O)C(O)C6O)C(O)C5OC5OC(C)C(O)C(O)C5O)C4O)C4CC(OS(=O)(=O)O)CCC4(C)C3=CCC21C. The lowest BCUT2D eigenvalue weighted by atomic mass is 9.47. The van der Waals surface area contributed by atoms with Crippen LogP contribution in [0.15, 0.2) is 23.3 Å². The van der Waals surface area contributed by atoms with Gasteiger partial charge in [0.25, 0.3) is 0 Å². The minimum absolute atomic E-state index is 0.00986. The minimum atomic E-state index is -4.87. The summed E-state index contributed by atoms with van der Waals surface area (Å²) in [6, 6.07) is 0. The standard InChI is InChI=1S/C55H90O27S/c1-21(2)9-12-34(57)55(8,68)33-11-10-27-26-18-31(29-17-25(82-83(69,70)71)13-15-53(29,6)28(26)14-16-54(27,33)7)77-50-44(67)45(37(60)24(5)76-50)79-52-47(81-49-43(66)41(64)36(59)23(4)75-49)39(62)32(20-73-52)78-51-46(38(61)30(56)19-72-51)80-48-42(65)40(63)35(58)22(3)74-48/h9,14,22-27,29-52,56-68H,10-13,15-20H2,1-8H3,(H,69,70,71). The third kappa shape index (κ3) is 13.0. The minimum Gasteiger partial charge on any atom is -0.390 e. The molecule has 0 aromatic rings. The molecule has 33 unspecified atom stereocenters. The molecule has 8 fully saturated rings. The molecule has 83 heavy (non-hydrogen) atoms. The molecule has 9 rings (SSSR count). The highest BCUT2D eigenvalue weighted by molar-refractivity contribution is 7.80. The first-order valence-corrected chi connectivity index (χ1v) is 30.5. The zero-order chi connectivity index (χ0) is 60.7. The van der Waals surface area contributed by atoms with E-state index in [1.165, 1.54) is 20.8 Å². The van der Waals surface area contributed by atoms with Crippen molar-refractivity contribution in [2.75, 3.05) is 13.2 Å². The summed E-state index contributed by atoms with van der Waals surface area (Å²) in [7, 11) is -4.87. The van der Waals surface area contributed by atoms with Crippen molar-refractivity contribution in [3.63, 3.8) is 0 Å². The molecule has 0 amide bonds. The molecule has 33 atom stereocenters. The van der Waals surface area contributed by atoms with Crippen LogP contribution in [0.2, 0.25) is 0 Å². The van der Waals surface area contributed by atoms with Gasteiger partial charge in [0, 0.05) is 0 Å². The lowest BCUT2D eigenvalue weighted by molar-refractivity contribution is -0.394. The Morgan fingerprint density at radius 2 is 1.18 bits per heavy atom. The lowest BCUT2D eigenvalue weighted by Crippen LogP contribution is -2.66. The van der Waals surface area contributed by atoms with Gasteiger partial charge in [-0.1, -0.05) is 37.1 Å². The molecule has 0 radical (unpaired) electrons. The average Bonchev–Trinajstić information content (AvgIpc) is 2.34. The molecule has 9 aliphatic rings. The van der Waals surface area contributed by atoms with Crippen LogP contribution in [0, 0.1) is 34.5 Å². The predicted octanol–water partition coefficient (Wildman–Crippen LogP) is -2.33. The van der Waals surface area contributed by atoms with Crippen LogP contribution in [0.1, 0.15) is 107 Å². The summed E-state index contributed by atoms with van der Waals surface area (Å²) in [5, 5.41) is 146. The van der Waals surface area contributed by atoms with Gasteiger partial charge in [-0.2, -0.15) is 8.42 Å². The fourth-order valence-electron chi connectivity index (χ4n) is 15.2. The average molecular weight is 1220 g/mol. The summed E-state index contributed by atoms with van der Waals surface area (Å²) < 4.78 is 100. The molecule has 5 heterocycles. The lowest BCUT2D eigenvalue weighted by Gasteiger charge is -2.60. The summed E-state index contributed by atoms with van der Waals surface area (Å²) in [6.45, 7) is 12.9. The summed E-state index contributed by atoms with van der Waals surface area (Å²) in [6.07, 6.45) is -33.2. The fraction of sp³-hybridized carbons (Fsp3) is 0.927. The highest BCUT2D eigenvalue weighted by Crippen LogP contribution is 2.67. The molecule has 0 bridgehead atoms. The first kappa shape index (κ1) is 65.9. The molecule has 0 aromatic carbocycles. The number of fused-ring (bicyclic) bond motifs is 5. The van der Waals surface area contributed by atoms with E-state index >= 15 is 0 Å². The van der Waals surface area contributed by atoms with E-state index in [0.717, 1.165) is 11.1 Å². The topological polar surface area (TPSA) is 419 Å². The highest BCUT2D eigenvalue weighted by Gasteiger charge is 2.64. The number of hydrogen-bond acceptors (Lipinski definition) is 26. The Hall–Kier alpha value is -1.57. The van der Waals surface area contributed by atoms with E-state index in [2.05, 4.69) is 19.9 Å². The fourth-order valence-corrected chi connectivity index (χ4v) is 15.7. The summed E-state index contributed by atoms with van der Waals surface area (Å²) in [5.41, 5.74) is -0.395. The normalized spacial score (nSPS) is 51.6. The number of hydrogen-bond donors (Lipinski definition) is 14. The first-order valence-electron chi connectivity index (χ1n) is 29.1. The molecule has 5 aliphatic heterocycles. The molecule has 0 aromatic heterocycles. The Balaban J connectivity index is 0.976. The van der Waals surface area contributed by atoms with Crippen LogP contribution in [0.5, 0.6) is 0 Å². The molecular weight excluding hydrogens is 1120 g/mol. The molecule has 14 N–H and O–H groups in total. The third-order valence-corrected chi connectivity index (χ3v) is 20.6. The molecule has 4 aliphatic carbocycles. The van der Waals surface area contributed by atoms with Gasteiger partial charge in [0.05, 0.1) is 55.4 Å². The zero-order valence-corrected chi connectivity index (χ0v) is 48.8. The van der Waals surface area contributed by atoms with E-state index in [1.54, 1.807) is 6.92 Å². The second kappa shape index (κ2) is 25.4. The third-order valence-electron chi connectivity index (χ3n) is 20.1. The van der Waals surface area contributed by atoms with Crippen LogP contribution in [0.25, 0.3) is 0 Å². The zero-order valence-electron chi connectivity index (χ0n) is 48.0. The predicted molar refractivity (Wildman–Crippen MR) is 281 cm³/mol. The number of ether oxygens (including phenoxy) is 10. The number of rotatable bonds is 16. The molecular formula is C55H90O27S. The maximum Gasteiger partial charge on any atom is 0.397 e. The van der Waals surface area contributed by atoms with Crippen molar-refractivity contribution >= 4 is 10.4 Å². The molecule has 478 valence electrons. The molecule has 5 saturated heterocycles. The van der Waals surface area contributed by atoms with Gasteiger partial charge in [-0.05, 0) is 127 Å². The Kier molecular flexibility index (Phi) is 20.1. The van der Waals surface area contributed by atoms with Gasteiger partial charge in [0.15, 0.2) is 31.5 Å². The van der Waals surface area contributed by atoms with Crippen molar-refractivity contribution in [1.29, 1.82) is 0 Å². The van der Waals surface area contributed by atoms with E-state index < -0.39 is 206 Å². The van der Waals surface area contributed by atoms with Crippen molar-refractivity contribution in [1.82, 2.24) is 0 Å². The van der Waals surface area contributed by atoms with Crippen molar-refractivity contribution in [2.45, 2.75) is 272 Å². The van der Waals surface area contributed by atoms with E-state index in [1.807, 2.05) is 19.9 Å². The quantitative estimate of drug-likeness (QED) is 0.0569. The smallest absolute Gasteiger partial charge is 0.390 e. The Morgan fingerprint density at radius 1 is 0.651 bits per heavy atom. The number of aliphatic hydroxyl groups excluding tert-OH is 12. The molecule has 0 spiro atoms. The molecule has 28 heteroatoms. The van der Waals surface area contributed by atoms with Crippen LogP contribution < -0.4 is 0 Å². The van der Waals surface area contributed by atoms with E-state index in [9.17, 15) is 79.4 Å².